The van der Waals surface area contributed by atoms with Gasteiger partial charge in [-0.1, -0.05) is 55.5 Å². The minimum atomic E-state index is 0.577. The highest BCUT2D eigenvalue weighted by Gasteiger charge is 2.06. The lowest BCUT2D eigenvalue weighted by molar-refractivity contribution is 0.905. The van der Waals surface area contributed by atoms with Crippen LogP contribution in [0.1, 0.15) is 31.4 Å². The normalized spacial score (nSPS) is 11.6. The Kier molecular flexibility index (Phi) is 5.59. The van der Waals surface area contributed by atoms with Crippen molar-refractivity contribution in [2.24, 2.45) is 0 Å². The maximum atomic E-state index is 6.09. The van der Waals surface area contributed by atoms with E-state index >= 15 is 0 Å². The van der Waals surface area contributed by atoms with Gasteiger partial charge in [0.25, 0.3) is 0 Å². The molecule has 0 radical (unpaired) electrons. The lowest BCUT2D eigenvalue weighted by Crippen LogP contribution is -1.93. The van der Waals surface area contributed by atoms with Crippen LogP contribution in [-0.4, -0.2) is 5.25 Å². The van der Waals surface area contributed by atoms with Gasteiger partial charge in [-0.05, 0) is 36.8 Å². The van der Waals surface area contributed by atoms with E-state index in [1.165, 1.54) is 4.90 Å². The zero-order valence-electron chi connectivity index (χ0n) is 11.7. The number of benzene rings is 2. The molecular formula is C18H17ClS. The Bertz CT molecular complexity index is 623. The lowest BCUT2D eigenvalue weighted by Gasteiger charge is -2.10. The third-order valence-corrected chi connectivity index (χ3v) is 4.54. The van der Waals surface area contributed by atoms with Gasteiger partial charge in [0.2, 0.25) is 0 Å². The molecule has 2 aromatic carbocycles. The average molecular weight is 301 g/mol. The molecule has 102 valence electrons. The summed E-state index contributed by atoms with van der Waals surface area (Å²) < 4.78 is 0. The summed E-state index contributed by atoms with van der Waals surface area (Å²) in [7, 11) is 0. The van der Waals surface area contributed by atoms with Crippen LogP contribution in [0.15, 0.2) is 53.4 Å². The van der Waals surface area contributed by atoms with Gasteiger partial charge in [-0.25, -0.2) is 0 Å². The van der Waals surface area contributed by atoms with Crippen molar-refractivity contribution >= 4 is 23.4 Å². The summed E-state index contributed by atoms with van der Waals surface area (Å²) >= 11 is 7.94. The third kappa shape index (κ3) is 4.34. The molecule has 0 fully saturated rings. The van der Waals surface area contributed by atoms with Crippen LogP contribution in [0.25, 0.3) is 0 Å². The van der Waals surface area contributed by atoms with E-state index in [0.717, 1.165) is 22.6 Å². The summed E-state index contributed by atoms with van der Waals surface area (Å²) in [5.41, 5.74) is 2.03. The maximum Gasteiger partial charge on any atom is 0.0419 e. The second kappa shape index (κ2) is 7.43. The quantitative estimate of drug-likeness (QED) is 0.523. The molecular weight excluding hydrogens is 284 g/mol. The van der Waals surface area contributed by atoms with E-state index in [0.29, 0.717) is 5.25 Å². The van der Waals surface area contributed by atoms with E-state index < -0.39 is 0 Å². The second-order valence-electron chi connectivity index (χ2n) is 4.59. The van der Waals surface area contributed by atoms with E-state index in [9.17, 15) is 0 Å². The fourth-order valence-corrected chi connectivity index (χ4v) is 2.82. The standard InChI is InChI=1S/C18H17ClS/c1-3-14(2)20-18-12-11-17(19)13-16(18)10-9-15-7-5-4-6-8-15/h4-8,11-14H,3H2,1-2H3. The van der Waals surface area contributed by atoms with Crippen LogP contribution in [0.3, 0.4) is 0 Å². The van der Waals surface area contributed by atoms with Crippen LogP contribution < -0.4 is 0 Å². The Hall–Kier alpha value is -1.36. The molecule has 1 atom stereocenters. The van der Waals surface area contributed by atoms with E-state index in [1.807, 2.05) is 54.2 Å². The largest absolute Gasteiger partial charge is 0.122 e. The predicted octanol–water partition coefficient (Wildman–Crippen LogP) is 5.63. The molecule has 0 aliphatic heterocycles. The fourth-order valence-electron chi connectivity index (χ4n) is 1.66. The number of hydrogen-bond acceptors (Lipinski definition) is 1. The Balaban J connectivity index is 2.30. The van der Waals surface area contributed by atoms with Gasteiger partial charge in [0.15, 0.2) is 0 Å². The summed E-state index contributed by atoms with van der Waals surface area (Å²) in [4.78, 5) is 1.20. The first-order chi connectivity index (χ1) is 9.69. The predicted molar refractivity (Wildman–Crippen MR) is 89.5 cm³/mol. The molecule has 0 spiro atoms. The van der Waals surface area contributed by atoms with Crippen molar-refractivity contribution in [3.63, 3.8) is 0 Å². The van der Waals surface area contributed by atoms with Gasteiger partial charge in [-0.2, -0.15) is 0 Å². The van der Waals surface area contributed by atoms with E-state index in [1.54, 1.807) is 0 Å². The highest BCUT2D eigenvalue weighted by molar-refractivity contribution is 8.00. The molecule has 0 bridgehead atoms. The minimum Gasteiger partial charge on any atom is -0.122 e. The number of rotatable bonds is 3. The summed E-state index contributed by atoms with van der Waals surface area (Å²) in [5.74, 6) is 6.44. The minimum absolute atomic E-state index is 0.577. The van der Waals surface area contributed by atoms with Gasteiger partial charge < -0.3 is 0 Å². The SMILES string of the molecule is CCC(C)Sc1ccc(Cl)cc1C#Cc1ccccc1. The van der Waals surface area contributed by atoms with Gasteiger partial charge in [0.05, 0.1) is 0 Å². The number of halogens is 1. The first kappa shape index (κ1) is 15.0. The smallest absolute Gasteiger partial charge is 0.0419 e. The second-order valence-corrected chi connectivity index (χ2v) is 6.51. The average Bonchev–Trinajstić information content (AvgIpc) is 2.48. The molecule has 0 saturated heterocycles. The molecule has 20 heavy (non-hydrogen) atoms. The van der Waals surface area contributed by atoms with Crippen molar-refractivity contribution in [3.8, 4) is 11.8 Å². The van der Waals surface area contributed by atoms with Crippen LogP contribution in [0.4, 0.5) is 0 Å². The molecule has 0 heterocycles. The zero-order valence-corrected chi connectivity index (χ0v) is 13.3. The van der Waals surface area contributed by atoms with Crippen molar-refractivity contribution in [2.45, 2.75) is 30.4 Å². The maximum absolute atomic E-state index is 6.09. The topological polar surface area (TPSA) is 0 Å². The van der Waals surface area contributed by atoms with E-state index in [-0.39, 0.29) is 0 Å². The number of thioether (sulfide) groups is 1. The molecule has 1 unspecified atom stereocenters. The van der Waals surface area contributed by atoms with Crippen molar-refractivity contribution in [1.82, 2.24) is 0 Å². The Labute approximate surface area is 130 Å². The molecule has 0 aliphatic carbocycles. The van der Waals surface area contributed by atoms with Gasteiger partial charge in [0, 0.05) is 26.3 Å². The van der Waals surface area contributed by atoms with Crippen molar-refractivity contribution < 1.29 is 0 Å². The first-order valence-electron chi connectivity index (χ1n) is 6.72. The Morgan fingerprint density at radius 2 is 1.85 bits per heavy atom. The molecule has 0 aliphatic rings. The molecule has 2 rings (SSSR count). The van der Waals surface area contributed by atoms with Crippen LogP contribution in [0, 0.1) is 11.8 Å². The van der Waals surface area contributed by atoms with Gasteiger partial charge in [0.1, 0.15) is 0 Å². The molecule has 0 nitrogen and oxygen atoms in total. The molecule has 0 amide bonds. The highest BCUT2D eigenvalue weighted by atomic mass is 35.5. The van der Waals surface area contributed by atoms with Crippen molar-refractivity contribution in [2.75, 3.05) is 0 Å². The molecule has 2 heteroatoms. The Morgan fingerprint density at radius 1 is 1.10 bits per heavy atom. The van der Waals surface area contributed by atoms with Gasteiger partial charge in [-0.15, -0.1) is 11.8 Å². The van der Waals surface area contributed by atoms with Crippen LogP contribution in [-0.2, 0) is 0 Å². The van der Waals surface area contributed by atoms with Gasteiger partial charge in [-0.3, -0.25) is 0 Å². The summed E-state index contributed by atoms with van der Waals surface area (Å²) in [6.45, 7) is 4.43. The summed E-state index contributed by atoms with van der Waals surface area (Å²) in [5, 5.41) is 1.31. The Morgan fingerprint density at radius 3 is 2.55 bits per heavy atom. The van der Waals surface area contributed by atoms with Crippen molar-refractivity contribution in [1.29, 1.82) is 0 Å². The van der Waals surface area contributed by atoms with Crippen LogP contribution in [0.2, 0.25) is 5.02 Å². The molecule has 0 saturated carbocycles. The number of hydrogen-bond donors (Lipinski definition) is 0. The lowest BCUT2D eigenvalue weighted by atomic mass is 10.2. The highest BCUT2D eigenvalue weighted by Crippen LogP contribution is 2.29. The molecule has 0 aromatic heterocycles. The summed E-state index contributed by atoms with van der Waals surface area (Å²) in [6, 6.07) is 16.0. The van der Waals surface area contributed by atoms with Crippen LogP contribution in [0.5, 0.6) is 0 Å². The zero-order chi connectivity index (χ0) is 14.4. The molecule has 0 N–H and O–H groups in total. The van der Waals surface area contributed by atoms with Crippen molar-refractivity contribution in [3.05, 3.63) is 64.7 Å². The van der Waals surface area contributed by atoms with Gasteiger partial charge >= 0.3 is 0 Å². The summed E-state index contributed by atoms with van der Waals surface area (Å²) in [6.07, 6.45) is 1.14. The van der Waals surface area contributed by atoms with Crippen LogP contribution >= 0.6 is 23.4 Å². The van der Waals surface area contributed by atoms with E-state index in [2.05, 4.69) is 31.8 Å². The fraction of sp³-hybridized carbons (Fsp3) is 0.222. The monoisotopic (exact) mass is 300 g/mol. The van der Waals surface area contributed by atoms with E-state index in [4.69, 9.17) is 11.6 Å². The molecule has 2 aromatic rings. The third-order valence-electron chi connectivity index (χ3n) is 2.96. The first-order valence-corrected chi connectivity index (χ1v) is 7.98.